The van der Waals surface area contributed by atoms with Crippen LogP contribution in [-0.2, 0) is 4.79 Å². The molecule has 0 amide bonds. The van der Waals surface area contributed by atoms with Crippen molar-refractivity contribution in [2.24, 2.45) is 0 Å². The summed E-state index contributed by atoms with van der Waals surface area (Å²) in [6, 6.07) is 13.0. The molecule has 0 saturated heterocycles. The van der Waals surface area contributed by atoms with Gasteiger partial charge in [0, 0.05) is 13.0 Å². The number of rotatable bonds is 9. The summed E-state index contributed by atoms with van der Waals surface area (Å²) in [5.74, 6) is -1.67. The van der Waals surface area contributed by atoms with Crippen LogP contribution in [0.1, 0.15) is 50.9 Å². The first-order valence-electron chi connectivity index (χ1n) is 11.2. The van der Waals surface area contributed by atoms with Crippen LogP contribution in [0.25, 0.3) is 11.0 Å². The monoisotopic (exact) mass is 476 g/mol. The smallest absolute Gasteiger partial charge is 0.383 e. The van der Waals surface area contributed by atoms with Crippen LogP contribution in [-0.4, -0.2) is 18.5 Å². The van der Waals surface area contributed by atoms with Crippen molar-refractivity contribution in [2.45, 2.75) is 40.5 Å². The van der Waals surface area contributed by atoms with Gasteiger partial charge in [0.25, 0.3) is 5.75 Å². The third-order valence-corrected chi connectivity index (χ3v) is 5.02. The van der Waals surface area contributed by atoms with Gasteiger partial charge in [0.05, 0.1) is 10.9 Å². The van der Waals surface area contributed by atoms with Gasteiger partial charge >= 0.3 is 17.6 Å². The zero-order valence-corrected chi connectivity index (χ0v) is 20.3. The van der Waals surface area contributed by atoms with Gasteiger partial charge in [-0.15, -0.1) is 0 Å². The molecule has 0 aliphatic rings. The molecular weight excluding hydrogens is 448 g/mol. The first-order chi connectivity index (χ1) is 16.7. The molecule has 0 fully saturated rings. The number of hydrogen-bond donors (Lipinski definition) is 0. The van der Waals surface area contributed by atoms with Crippen molar-refractivity contribution < 1.29 is 28.2 Å². The number of esters is 2. The molecule has 7 heteroatoms. The second-order valence-electron chi connectivity index (χ2n) is 8.24. The Morgan fingerprint density at radius 1 is 0.914 bits per heavy atom. The average molecular weight is 477 g/mol. The van der Waals surface area contributed by atoms with Gasteiger partial charge in [-0.25, -0.2) is 9.59 Å². The number of allylic oxidation sites excluding steroid dienone is 3. The normalized spacial score (nSPS) is 11.1. The molecule has 182 valence electrons. The predicted octanol–water partition coefficient (Wildman–Crippen LogP) is 6.01. The van der Waals surface area contributed by atoms with Gasteiger partial charge in [0.1, 0.15) is 17.9 Å². The second-order valence-corrected chi connectivity index (χ2v) is 8.24. The summed E-state index contributed by atoms with van der Waals surface area (Å²) in [4.78, 5) is 36.8. The molecule has 1 heterocycles. The summed E-state index contributed by atoms with van der Waals surface area (Å²) in [7, 11) is 0. The Kier molecular flexibility index (Phi) is 8.62. The third-order valence-electron chi connectivity index (χ3n) is 5.02. The van der Waals surface area contributed by atoms with Crippen molar-refractivity contribution in [3.8, 4) is 17.2 Å². The van der Waals surface area contributed by atoms with Gasteiger partial charge in [0.2, 0.25) is 0 Å². The van der Waals surface area contributed by atoms with Gasteiger partial charge in [-0.3, -0.25) is 4.79 Å². The lowest BCUT2D eigenvalue weighted by Crippen LogP contribution is -2.16. The van der Waals surface area contributed by atoms with E-state index in [1.54, 1.807) is 42.5 Å². The van der Waals surface area contributed by atoms with E-state index in [0.29, 0.717) is 12.4 Å². The number of carbonyl (C=O) groups is 2. The van der Waals surface area contributed by atoms with Crippen LogP contribution in [0, 0.1) is 0 Å². The molecule has 7 nitrogen and oxygen atoms in total. The van der Waals surface area contributed by atoms with E-state index in [1.807, 2.05) is 13.0 Å². The molecule has 3 rings (SSSR count). The van der Waals surface area contributed by atoms with Crippen molar-refractivity contribution >= 4 is 22.9 Å². The predicted molar refractivity (Wildman–Crippen MR) is 133 cm³/mol. The number of benzene rings is 2. The highest BCUT2D eigenvalue weighted by atomic mass is 16.6. The highest BCUT2D eigenvalue weighted by molar-refractivity contribution is 5.95. The fraction of sp³-hybridized carbons (Fsp3) is 0.250. The zero-order chi connectivity index (χ0) is 25.4. The van der Waals surface area contributed by atoms with Gasteiger partial charge in [0.15, 0.2) is 5.75 Å². The van der Waals surface area contributed by atoms with Crippen LogP contribution in [0.3, 0.4) is 0 Å². The molecule has 0 radical (unpaired) electrons. The maximum Gasteiger partial charge on any atom is 0.383 e. The van der Waals surface area contributed by atoms with Crippen molar-refractivity contribution in [2.75, 3.05) is 6.61 Å². The lowest BCUT2D eigenvalue weighted by atomic mass is 10.1. The fourth-order valence-electron chi connectivity index (χ4n) is 3.26. The van der Waals surface area contributed by atoms with E-state index in [2.05, 4.69) is 19.9 Å². The Hall–Kier alpha value is -4.13. The largest absolute Gasteiger partial charge is 0.489 e. The van der Waals surface area contributed by atoms with Crippen molar-refractivity contribution in [1.82, 2.24) is 0 Å². The maximum atomic E-state index is 12.7. The number of fused-ring (bicyclic) bond motifs is 1. The minimum absolute atomic E-state index is 0.128. The molecule has 2 aromatic carbocycles. The molecule has 1 aromatic heterocycles. The summed E-state index contributed by atoms with van der Waals surface area (Å²) in [6.07, 6.45) is 6.10. The Bertz CT molecular complexity index is 1330. The van der Waals surface area contributed by atoms with Crippen LogP contribution < -0.4 is 19.8 Å². The molecule has 0 bridgehead atoms. The van der Waals surface area contributed by atoms with Crippen LogP contribution in [0.15, 0.2) is 81.0 Å². The van der Waals surface area contributed by atoms with E-state index >= 15 is 0 Å². The first kappa shape index (κ1) is 25.5. The Balaban J connectivity index is 1.87. The van der Waals surface area contributed by atoms with E-state index in [9.17, 15) is 14.4 Å². The number of ether oxygens (including phenoxy) is 3. The lowest BCUT2D eigenvalue weighted by Gasteiger charge is -2.12. The topological polar surface area (TPSA) is 92.0 Å². The molecule has 0 atom stereocenters. The minimum atomic E-state index is -0.948. The first-order valence-corrected chi connectivity index (χ1v) is 11.2. The van der Waals surface area contributed by atoms with Crippen LogP contribution in [0.4, 0.5) is 0 Å². The molecule has 0 spiro atoms. The zero-order valence-electron chi connectivity index (χ0n) is 20.3. The van der Waals surface area contributed by atoms with Crippen LogP contribution in [0.5, 0.6) is 17.2 Å². The third kappa shape index (κ3) is 7.17. The van der Waals surface area contributed by atoms with E-state index in [0.717, 1.165) is 19.8 Å². The molecular formula is C28H28O7. The van der Waals surface area contributed by atoms with Gasteiger partial charge in [-0.2, -0.15) is 0 Å². The minimum Gasteiger partial charge on any atom is -0.489 e. The lowest BCUT2D eigenvalue weighted by molar-refractivity contribution is -0.132. The summed E-state index contributed by atoms with van der Waals surface area (Å²) in [5.41, 5.74) is 1.95. The van der Waals surface area contributed by atoms with Crippen molar-refractivity contribution in [1.29, 1.82) is 0 Å². The molecule has 0 unspecified atom stereocenters. The molecule has 0 aliphatic carbocycles. The van der Waals surface area contributed by atoms with Gasteiger partial charge in [-0.1, -0.05) is 35.4 Å². The Labute approximate surface area is 203 Å². The molecule has 3 aromatic rings. The summed E-state index contributed by atoms with van der Waals surface area (Å²) < 4.78 is 21.7. The van der Waals surface area contributed by atoms with Gasteiger partial charge in [-0.05, 0) is 64.0 Å². The van der Waals surface area contributed by atoms with Gasteiger partial charge < -0.3 is 18.6 Å². The molecule has 0 aliphatic heterocycles. The van der Waals surface area contributed by atoms with E-state index in [-0.39, 0.29) is 22.3 Å². The van der Waals surface area contributed by atoms with Crippen LogP contribution in [0.2, 0.25) is 0 Å². The highest BCUT2D eigenvalue weighted by Crippen LogP contribution is 2.35. The van der Waals surface area contributed by atoms with E-state index in [4.69, 9.17) is 18.6 Å². The molecule has 35 heavy (non-hydrogen) atoms. The molecule has 0 saturated carbocycles. The quantitative estimate of drug-likeness (QED) is 0.212. The number of carbonyl (C=O) groups excluding carboxylic acids is 2. The van der Waals surface area contributed by atoms with Crippen molar-refractivity contribution in [3.63, 3.8) is 0 Å². The Morgan fingerprint density at radius 2 is 1.66 bits per heavy atom. The summed E-state index contributed by atoms with van der Waals surface area (Å²) in [6.45, 7) is 7.68. The van der Waals surface area contributed by atoms with E-state index < -0.39 is 23.3 Å². The van der Waals surface area contributed by atoms with Crippen LogP contribution >= 0.6 is 0 Å². The average Bonchev–Trinajstić information content (AvgIpc) is 2.81. The summed E-state index contributed by atoms with van der Waals surface area (Å²) >= 11 is 0. The number of hydrogen-bond acceptors (Lipinski definition) is 7. The fourth-order valence-corrected chi connectivity index (χ4v) is 3.26. The SMILES string of the molecule is CC(=O)Oc1c(OC(=O)c2ccccc2)c2ccc(OCC=C(C)CCC=C(C)C)cc2oc1=O. The second kappa shape index (κ2) is 11.8. The summed E-state index contributed by atoms with van der Waals surface area (Å²) in [5, 5.41) is 0.283. The molecule has 0 N–H and O–H groups in total. The highest BCUT2D eigenvalue weighted by Gasteiger charge is 2.23. The standard InChI is InChI=1S/C28H28O7/c1-18(2)9-8-10-19(3)15-16-32-22-13-14-23-24(17-22)34-28(31)26(33-20(4)29)25(23)35-27(30)21-11-6-5-7-12-21/h5-7,9,11-15,17H,8,10,16H2,1-4H3. The van der Waals surface area contributed by atoms with E-state index in [1.165, 1.54) is 17.2 Å². The maximum absolute atomic E-state index is 12.7. The van der Waals surface area contributed by atoms with Crippen molar-refractivity contribution in [3.05, 3.63) is 87.8 Å². The Morgan fingerprint density at radius 3 is 2.34 bits per heavy atom.